The number of hydrogen-bond donors (Lipinski definition) is 1. The van der Waals surface area contributed by atoms with Gasteiger partial charge < -0.3 is 10.1 Å². The smallest absolute Gasteiger partial charge is 0.159 e. The molecule has 88 valence electrons. The van der Waals surface area contributed by atoms with E-state index in [1.165, 1.54) is 0 Å². The summed E-state index contributed by atoms with van der Waals surface area (Å²) in [4.78, 5) is 0. The molecule has 1 aliphatic heterocycles. The maximum atomic E-state index is 11.9. The van der Waals surface area contributed by atoms with Gasteiger partial charge in [-0.1, -0.05) is 12.1 Å². The lowest BCUT2D eigenvalue weighted by Crippen LogP contribution is -2.38. The summed E-state index contributed by atoms with van der Waals surface area (Å²) in [7, 11) is -1.44. The minimum absolute atomic E-state index is 0.203. The van der Waals surface area contributed by atoms with Crippen LogP contribution >= 0.6 is 0 Å². The lowest BCUT2D eigenvalue weighted by atomic mass is 10.1. The van der Waals surface area contributed by atoms with Crippen molar-refractivity contribution >= 4 is 9.84 Å². The highest BCUT2D eigenvalue weighted by Gasteiger charge is 2.30. The minimum Gasteiger partial charge on any atom is -0.497 e. The molecule has 5 heteroatoms. The molecule has 2 rings (SSSR count). The summed E-state index contributed by atoms with van der Waals surface area (Å²) in [5.41, 5.74) is 0.798. The summed E-state index contributed by atoms with van der Waals surface area (Å²) in [6, 6.07) is 7.25. The summed E-state index contributed by atoms with van der Waals surface area (Å²) in [6.07, 6.45) is 0. The number of methoxy groups -OCH3 is 1. The lowest BCUT2D eigenvalue weighted by molar-refractivity contribution is 0.414. The molecule has 0 unspecified atom stereocenters. The molecule has 1 aromatic rings. The Hall–Kier alpha value is -1.07. The topological polar surface area (TPSA) is 55.4 Å². The summed E-state index contributed by atoms with van der Waals surface area (Å²) >= 11 is 0. The van der Waals surface area contributed by atoms with E-state index in [-0.39, 0.29) is 5.75 Å². The first-order chi connectivity index (χ1) is 7.63. The van der Waals surface area contributed by atoms with E-state index in [1.807, 2.05) is 18.2 Å². The third kappa shape index (κ3) is 2.20. The number of hydrogen-bond acceptors (Lipinski definition) is 4. The molecule has 1 fully saturated rings. The van der Waals surface area contributed by atoms with Crippen LogP contribution in [0.5, 0.6) is 5.75 Å². The number of nitrogens with one attached hydrogen (secondary N) is 1. The molecule has 1 atom stereocenters. The molecule has 1 aliphatic rings. The Balaban J connectivity index is 2.35. The van der Waals surface area contributed by atoms with E-state index in [0.29, 0.717) is 18.8 Å². The van der Waals surface area contributed by atoms with Gasteiger partial charge in [-0.15, -0.1) is 0 Å². The monoisotopic (exact) mass is 241 g/mol. The zero-order valence-electron chi connectivity index (χ0n) is 9.14. The van der Waals surface area contributed by atoms with Gasteiger partial charge in [0.2, 0.25) is 0 Å². The molecule has 0 aromatic heterocycles. The maximum Gasteiger partial charge on any atom is 0.159 e. The van der Waals surface area contributed by atoms with Crippen LogP contribution in [0.4, 0.5) is 0 Å². The summed E-state index contributed by atoms with van der Waals surface area (Å²) in [5.74, 6) is 0.896. The largest absolute Gasteiger partial charge is 0.497 e. The van der Waals surface area contributed by atoms with Crippen molar-refractivity contribution in [3.05, 3.63) is 29.8 Å². The van der Waals surface area contributed by atoms with Crippen molar-refractivity contribution in [3.63, 3.8) is 0 Å². The Labute approximate surface area is 95.5 Å². The molecular formula is C11H15NO3S. The van der Waals surface area contributed by atoms with Gasteiger partial charge in [0.15, 0.2) is 9.84 Å². The van der Waals surface area contributed by atoms with Crippen molar-refractivity contribution in [1.82, 2.24) is 5.32 Å². The number of sulfone groups is 1. The molecule has 1 aromatic carbocycles. The Morgan fingerprint density at radius 2 is 2.25 bits per heavy atom. The van der Waals surface area contributed by atoms with Gasteiger partial charge in [0.05, 0.1) is 18.1 Å². The first kappa shape index (κ1) is 11.4. The third-order valence-corrected chi connectivity index (χ3v) is 4.87. The molecule has 1 N–H and O–H groups in total. The van der Waals surface area contributed by atoms with Crippen LogP contribution in [0.1, 0.15) is 10.8 Å². The molecule has 0 spiro atoms. The van der Waals surface area contributed by atoms with Crippen molar-refractivity contribution in [1.29, 1.82) is 0 Å². The van der Waals surface area contributed by atoms with E-state index in [2.05, 4.69) is 5.32 Å². The summed E-state index contributed by atoms with van der Waals surface area (Å²) in [5, 5.41) is 2.66. The molecule has 0 saturated carbocycles. The quantitative estimate of drug-likeness (QED) is 0.830. The average Bonchev–Trinajstić information content (AvgIpc) is 2.28. The highest BCUT2D eigenvalue weighted by atomic mass is 32.2. The van der Waals surface area contributed by atoms with Crippen LogP contribution in [0, 0.1) is 0 Å². The molecule has 0 amide bonds. The second-order valence-electron chi connectivity index (χ2n) is 3.84. The molecule has 0 bridgehead atoms. The van der Waals surface area contributed by atoms with Gasteiger partial charge in [-0.05, 0) is 17.7 Å². The molecule has 4 nitrogen and oxygen atoms in total. The number of benzene rings is 1. The molecule has 0 aliphatic carbocycles. The maximum absolute atomic E-state index is 11.9. The SMILES string of the molecule is COc1cccc([C@@H]2CNCCS2(=O)=O)c1. The number of ether oxygens (including phenoxy) is 1. The van der Waals surface area contributed by atoms with Crippen LogP contribution in [0.3, 0.4) is 0 Å². The van der Waals surface area contributed by atoms with Crippen molar-refractivity contribution in [3.8, 4) is 5.75 Å². The van der Waals surface area contributed by atoms with Gasteiger partial charge in [-0.25, -0.2) is 8.42 Å². The van der Waals surface area contributed by atoms with Gasteiger partial charge in [0.1, 0.15) is 5.75 Å². The fourth-order valence-corrected chi connectivity index (χ4v) is 3.53. The predicted octanol–water partition coefficient (Wildman–Crippen LogP) is 0.754. The molecule has 16 heavy (non-hydrogen) atoms. The van der Waals surface area contributed by atoms with Gasteiger partial charge in [0.25, 0.3) is 0 Å². The van der Waals surface area contributed by atoms with Crippen LogP contribution in [0.25, 0.3) is 0 Å². The van der Waals surface area contributed by atoms with Crippen molar-refractivity contribution in [2.24, 2.45) is 0 Å². The van der Waals surface area contributed by atoms with Crippen molar-refractivity contribution < 1.29 is 13.2 Å². The van der Waals surface area contributed by atoms with Gasteiger partial charge >= 0.3 is 0 Å². The zero-order chi connectivity index (χ0) is 11.6. The lowest BCUT2D eigenvalue weighted by Gasteiger charge is -2.23. The normalized spacial score (nSPS) is 23.9. The third-order valence-electron chi connectivity index (χ3n) is 2.79. The zero-order valence-corrected chi connectivity index (χ0v) is 9.96. The van der Waals surface area contributed by atoms with Crippen LogP contribution in [-0.2, 0) is 9.84 Å². The van der Waals surface area contributed by atoms with Crippen LogP contribution in [0.15, 0.2) is 24.3 Å². The van der Waals surface area contributed by atoms with E-state index in [0.717, 1.165) is 5.56 Å². The highest BCUT2D eigenvalue weighted by Crippen LogP contribution is 2.27. The van der Waals surface area contributed by atoms with Crippen molar-refractivity contribution in [2.75, 3.05) is 26.0 Å². The Kier molecular flexibility index (Phi) is 3.16. The van der Waals surface area contributed by atoms with E-state index in [9.17, 15) is 8.42 Å². The molecule has 1 saturated heterocycles. The minimum atomic E-state index is -3.02. The second kappa shape index (κ2) is 4.43. The fourth-order valence-electron chi connectivity index (χ4n) is 1.88. The van der Waals surface area contributed by atoms with E-state index < -0.39 is 15.1 Å². The van der Waals surface area contributed by atoms with E-state index >= 15 is 0 Å². The Morgan fingerprint density at radius 3 is 2.94 bits per heavy atom. The number of rotatable bonds is 2. The van der Waals surface area contributed by atoms with E-state index in [4.69, 9.17) is 4.74 Å². The Morgan fingerprint density at radius 1 is 1.44 bits per heavy atom. The van der Waals surface area contributed by atoms with Gasteiger partial charge in [-0.3, -0.25) is 0 Å². The summed E-state index contributed by atoms with van der Waals surface area (Å²) < 4.78 is 28.9. The van der Waals surface area contributed by atoms with Crippen LogP contribution < -0.4 is 10.1 Å². The molecule has 1 heterocycles. The predicted molar refractivity (Wildman–Crippen MR) is 62.4 cm³/mol. The van der Waals surface area contributed by atoms with Gasteiger partial charge in [-0.2, -0.15) is 0 Å². The van der Waals surface area contributed by atoms with E-state index in [1.54, 1.807) is 13.2 Å². The first-order valence-electron chi connectivity index (χ1n) is 5.20. The second-order valence-corrected chi connectivity index (χ2v) is 6.14. The van der Waals surface area contributed by atoms with Gasteiger partial charge in [0, 0.05) is 13.1 Å². The molecular weight excluding hydrogens is 226 g/mol. The van der Waals surface area contributed by atoms with Crippen LogP contribution in [0.2, 0.25) is 0 Å². The fraction of sp³-hybridized carbons (Fsp3) is 0.455. The van der Waals surface area contributed by atoms with Crippen molar-refractivity contribution in [2.45, 2.75) is 5.25 Å². The first-order valence-corrected chi connectivity index (χ1v) is 6.91. The standard InChI is InChI=1S/C11H15NO3S/c1-15-10-4-2-3-9(7-10)11-8-12-5-6-16(11,13)14/h2-4,7,11-12H,5-6,8H2,1H3/t11-/m0/s1. The molecule has 0 radical (unpaired) electrons. The highest BCUT2D eigenvalue weighted by molar-refractivity contribution is 7.91. The average molecular weight is 241 g/mol. The summed E-state index contributed by atoms with van der Waals surface area (Å²) in [6.45, 7) is 1.03. The van der Waals surface area contributed by atoms with Crippen LogP contribution in [-0.4, -0.2) is 34.4 Å². The Bertz CT molecular complexity index is 470.